The highest BCUT2D eigenvalue weighted by atomic mass is 16.4. The molecule has 1 fully saturated rings. The lowest BCUT2D eigenvalue weighted by atomic mass is 10.0. The number of nitrogens with zero attached hydrogens (tertiary/aromatic N) is 1. The van der Waals surface area contributed by atoms with E-state index in [1.165, 1.54) is 11.8 Å². The molecule has 0 aliphatic heterocycles. The van der Waals surface area contributed by atoms with Gasteiger partial charge in [-0.1, -0.05) is 0 Å². The van der Waals surface area contributed by atoms with Crippen LogP contribution in [0.15, 0.2) is 0 Å². The molecule has 0 bridgehead atoms. The summed E-state index contributed by atoms with van der Waals surface area (Å²) in [5.41, 5.74) is -1.48. The van der Waals surface area contributed by atoms with Crippen molar-refractivity contribution in [2.75, 3.05) is 19.7 Å². The Labute approximate surface area is 105 Å². The molecule has 0 aromatic heterocycles. The first-order chi connectivity index (χ1) is 8.35. The Morgan fingerprint density at radius 2 is 2.06 bits per heavy atom. The molecular formula is C11H20N2O5. The van der Waals surface area contributed by atoms with E-state index in [-0.39, 0.29) is 31.8 Å². The van der Waals surface area contributed by atoms with Gasteiger partial charge in [0, 0.05) is 19.1 Å². The third-order valence-corrected chi connectivity index (χ3v) is 2.74. The summed E-state index contributed by atoms with van der Waals surface area (Å²) in [6.45, 7) is 1.36. The molecule has 1 saturated carbocycles. The molecule has 104 valence electrons. The number of amides is 2. The minimum absolute atomic E-state index is 0.116. The summed E-state index contributed by atoms with van der Waals surface area (Å²) in [7, 11) is 0. The topological polar surface area (TPSA) is 110 Å². The van der Waals surface area contributed by atoms with E-state index in [9.17, 15) is 14.7 Å². The van der Waals surface area contributed by atoms with Crippen molar-refractivity contribution < 1.29 is 24.9 Å². The Morgan fingerprint density at radius 1 is 1.44 bits per heavy atom. The second-order valence-electron chi connectivity index (χ2n) is 4.87. The Hall–Kier alpha value is -1.34. The number of urea groups is 1. The number of aliphatic hydroxyl groups excluding tert-OH is 1. The minimum Gasteiger partial charge on any atom is -0.481 e. The number of aliphatic hydroxyl groups is 2. The molecule has 0 heterocycles. The van der Waals surface area contributed by atoms with Crippen molar-refractivity contribution in [2.45, 2.75) is 37.8 Å². The summed E-state index contributed by atoms with van der Waals surface area (Å²) in [4.78, 5) is 23.8. The molecule has 4 N–H and O–H groups in total. The van der Waals surface area contributed by atoms with Gasteiger partial charge in [-0.15, -0.1) is 0 Å². The van der Waals surface area contributed by atoms with Crippen LogP contribution in [-0.4, -0.2) is 63.6 Å². The van der Waals surface area contributed by atoms with Gasteiger partial charge in [-0.3, -0.25) is 4.79 Å². The molecule has 1 unspecified atom stereocenters. The Morgan fingerprint density at radius 3 is 2.50 bits per heavy atom. The molecule has 1 rings (SSSR count). The van der Waals surface area contributed by atoms with Crippen molar-refractivity contribution in [3.63, 3.8) is 0 Å². The van der Waals surface area contributed by atoms with Crippen LogP contribution in [0.5, 0.6) is 0 Å². The van der Waals surface area contributed by atoms with Crippen LogP contribution in [0.2, 0.25) is 0 Å². The number of carbonyl (C=O) groups excluding carboxylic acids is 1. The number of carboxylic acids is 1. The fourth-order valence-corrected chi connectivity index (χ4v) is 1.70. The molecular weight excluding hydrogens is 240 g/mol. The monoisotopic (exact) mass is 260 g/mol. The highest BCUT2D eigenvalue weighted by Gasteiger charge is 2.33. The number of aliphatic carboxylic acids is 1. The first kappa shape index (κ1) is 14.7. The predicted octanol–water partition coefficient (Wildman–Crippen LogP) is -0.622. The van der Waals surface area contributed by atoms with E-state index in [1.807, 2.05) is 0 Å². The summed E-state index contributed by atoms with van der Waals surface area (Å²) in [6.07, 6.45) is 1.40. The quantitative estimate of drug-likeness (QED) is 0.487. The third kappa shape index (κ3) is 4.89. The highest BCUT2D eigenvalue weighted by Crippen LogP contribution is 2.26. The number of rotatable bonds is 7. The molecule has 0 spiro atoms. The van der Waals surface area contributed by atoms with E-state index in [2.05, 4.69) is 5.32 Å². The van der Waals surface area contributed by atoms with Crippen LogP contribution >= 0.6 is 0 Å². The van der Waals surface area contributed by atoms with Crippen LogP contribution in [0, 0.1) is 0 Å². The summed E-state index contributed by atoms with van der Waals surface area (Å²) >= 11 is 0. The van der Waals surface area contributed by atoms with Crippen LogP contribution in [0.4, 0.5) is 4.79 Å². The molecule has 0 aromatic rings. The zero-order valence-corrected chi connectivity index (χ0v) is 10.4. The van der Waals surface area contributed by atoms with E-state index < -0.39 is 18.0 Å². The summed E-state index contributed by atoms with van der Waals surface area (Å²) in [6, 6.07) is -0.223. The highest BCUT2D eigenvalue weighted by molar-refractivity contribution is 5.75. The van der Waals surface area contributed by atoms with Gasteiger partial charge in [0.25, 0.3) is 0 Å². The first-order valence-corrected chi connectivity index (χ1v) is 5.95. The average molecular weight is 260 g/mol. The van der Waals surface area contributed by atoms with Gasteiger partial charge < -0.3 is 25.5 Å². The molecule has 0 saturated heterocycles. The lowest BCUT2D eigenvalue weighted by molar-refractivity contribution is -0.141. The smallest absolute Gasteiger partial charge is 0.317 e. The Balaban J connectivity index is 2.40. The minimum atomic E-state index is -1.48. The lowest BCUT2D eigenvalue weighted by Gasteiger charge is -2.26. The largest absolute Gasteiger partial charge is 0.481 e. The van der Waals surface area contributed by atoms with Crippen LogP contribution in [0.3, 0.4) is 0 Å². The Bertz CT molecular complexity index is 315. The van der Waals surface area contributed by atoms with Gasteiger partial charge in [0.05, 0.1) is 18.6 Å². The lowest BCUT2D eigenvalue weighted by Crippen LogP contribution is -2.48. The van der Waals surface area contributed by atoms with Gasteiger partial charge in [0.1, 0.15) is 0 Å². The van der Waals surface area contributed by atoms with Gasteiger partial charge in [0.2, 0.25) is 0 Å². The van der Waals surface area contributed by atoms with Crippen LogP contribution in [0.1, 0.15) is 26.2 Å². The average Bonchev–Trinajstić information content (AvgIpc) is 3.04. The van der Waals surface area contributed by atoms with Gasteiger partial charge in [-0.2, -0.15) is 0 Å². The number of hydrogen-bond acceptors (Lipinski definition) is 4. The maximum Gasteiger partial charge on any atom is 0.317 e. The predicted molar refractivity (Wildman–Crippen MR) is 63.1 cm³/mol. The second-order valence-corrected chi connectivity index (χ2v) is 4.87. The van der Waals surface area contributed by atoms with Crippen molar-refractivity contribution in [1.29, 1.82) is 0 Å². The molecule has 0 radical (unpaired) electrons. The van der Waals surface area contributed by atoms with Gasteiger partial charge in [0.15, 0.2) is 0 Å². The zero-order chi connectivity index (χ0) is 13.8. The second kappa shape index (κ2) is 6.01. The van der Waals surface area contributed by atoms with Crippen LogP contribution < -0.4 is 5.32 Å². The SMILES string of the molecule is CC(O)(CNC(=O)N(CCO)C1CC1)CC(=O)O. The normalized spacial score (nSPS) is 17.9. The number of carboxylic acid groups (broad SMARTS) is 1. The summed E-state index contributed by atoms with van der Waals surface area (Å²) in [5.74, 6) is -1.12. The van der Waals surface area contributed by atoms with Crippen molar-refractivity contribution in [3.05, 3.63) is 0 Å². The fraction of sp³-hybridized carbons (Fsp3) is 0.818. The van der Waals surface area contributed by atoms with E-state index >= 15 is 0 Å². The van der Waals surface area contributed by atoms with Crippen LogP contribution in [0.25, 0.3) is 0 Å². The van der Waals surface area contributed by atoms with Crippen molar-refractivity contribution >= 4 is 12.0 Å². The molecule has 18 heavy (non-hydrogen) atoms. The third-order valence-electron chi connectivity index (χ3n) is 2.74. The van der Waals surface area contributed by atoms with Crippen molar-refractivity contribution in [2.24, 2.45) is 0 Å². The first-order valence-electron chi connectivity index (χ1n) is 5.95. The van der Waals surface area contributed by atoms with Gasteiger partial charge in [-0.25, -0.2) is 4.79 Å². The van der Waals surface area contributed by atoms with E-state index in [4.69, 9.17) is 10.2 Å². The maximum atomic E-state index is 11.8. The maximum absolute atomic E-state index is 11.8. The summed E-state index contributed by atoms with van der Waals surface area (Å²) < 4.78 is 0. The fourth-order valence-electron chi connectivity index (χ4n) is 1.70. The molecule has 1 aliphatic rings. The molecule has 2 amide bonds. The number of hydrogen-bond donors (Lipinski definition) is 4. The van der Waals surface area contributed by atoms with Gasteiger partial charge >= 0.3 is 12.0 Å². The number of carbonyl (C=O) groups is 2. The van der Waals surface area contributed by atoms with E-state index in [0.29, 0.717) is 0 Å². The van der Waals surface area contributed by atoms with Gasteiger partial charge in [-0.05, 0) is 19.8 Å². The van der Waals surface area contributed by atoms with E-state index in [0.717, 1.165) is 12.8 Å². The van der Waals surface area contributed by atoms with E-state index in [1.54, 1.807) is 0 Å². The van der Waals surface area contributed by atoms with Crippen molar-refractivity contribution in [3.8, 4) is 0 Å². The Kier molecular flexibility index (Phi) is 4.92. The summed E-state index contributed by atoms with van der Waals surface area (Å²) in [5, 5.41) is 29.7. The molecule has 1 atom stereocenters. The van der Waals surface area contributed by atoms with Crippen molar-refractivity contribution in [1.82, 2.24) is 10.2 Å². The molecule has 1 aliphatic carbocycles. The van der Waals surface area contributed by atoms with Crippen LogP contribution in [-0.2, 0) is 4.79 Å². The standard InChI is InChI=1S/C11H20N2O5/c1-11(18,6-9(15)16)7-12-10(17)13(4-5-14)8-2-3-8/h8,14,18H,2-7H2,1H3,(H,12,17)(H,15,16). The number of nitrogens with one attached hydrogen (secondary N) is 1. The zero-order valence-electron chi connectivity index (χ0n) is 10.4. The molecule has 7 heteroatoms. The molecule has 7 nitrogen and oxygen atoms in total. The molecule has 0 aromatic carbocycles.